The van der Waals surface area contributed by atoms with Crippen molar-refractivity contribution in [1.29, 1.82) is 0 Å². The summed E-state index contributed by atoms with van der Waals surface area (Å²) in [5, 5.41) is 0.248. The van der Waals surface area contributed by atoms with Crippen molar-refractivity contribution < 1.29 is 19.1 Å². The van der Waals surface area contributed by atoms with Crippen LogP contribution in [-0.2, 0) is 14.3 Å². The van der Waals surface area contributed by atoms with Crippen molar-refractivity contribution in [1.82, 2.24) is 0 Å². The highest BCUT2D eigenvalue weighted by molar-refractivity contribution is 7.15. The van der Waals surface area contributed by atoms with E-state index in [2.05, 4.69) is 39.4 Å². The molecule has 0 aromatic carbocycles. The SMILES string of the molecule is CCCC(COCC)[Si](C(=[N+]=[N-])C(=O)OC)(C(C)C)C(C)C. The molecule has 0 bridgehead atoms. The van der Waals surface area contributed by atoms with Gasteiger partial charge in [0.2, 0.25) is 8.07 Å². The number of nitrogens with zero attached hydrogens (tertiary/aromatic N) is 2. The molecule has 0 spiro atoms. The smallest absolute Gasteiger partial charge is 0.409 e. The Balaban J connectivity index is 6.15. The maximum Gasteiger partial charge on any atom is 0.409 e. The molecular formula is C16H32N2O3Si. The summed E-state index contributed by atoms with van der Waals surface area (Å²) in [6, 6.07) is 0. The average molecular weight is 329 g/mol. The zero-order valence-corrected chi connectivity index (χ0v) is 16.2. The lowest BCUT2D eigenvalue weighted by atomic mass is 10.2. The van der Waals surface area contributed by atoms with Crippen molar-refractivity contribution in [2.24, 2.45) is 0 Å². The van der Waals surface area contributed by atoms with Gasteiger partial charge in [-0.05, 0) is 23.5 Å². The zero-order chi connectivity index (χ0) is 17.3. The number of esters is 1. The second-order valence-electron chi connectivity index (χ2n) is 6.33. The first-order chi connectivity index (χ1) is 10.3. The Morgan fingerprint density at radius 1 is 1.18 bits per heavy atom. The Labute approximate surface area is 136 Å². The summed E-state index contributed by atoms with van der Waals surface area (Å²) in [6.45, 7) is 13.8. The summed E-state index contributed by atoms with van der Waals surface area (Å²) in [5.41, 5.74) is 10.3. The van der Waals surface area contributed by atoms with Gasteiger partial charge in [-0.2, -0.15) is 4.79 Å². The minimum atomic E-state index is -2.45. The molecule has 0 heterocycles. The van der Waals surface area contributed by atoms with Gasteiger partial charge in [-0.15, -0.1) is 0 Å². The molecule has 0 aliphatic heterocycles. The fraction of sp³-hybridized carbons (Fsp3) is 0.875. The standard InChI is InChI=1S/C16H32N2O3Si/c1-8-10-14(11-21-9-2)22(12(3)4,13(5)6)15(18-17)16(19)20-7/h12-14H,8-11H2,1-7H3. The van der Waals surface area contributed by atoms with E-state index in [1.165, 1.54) is 7.11 Å². The molecule has 0 aliphatic rings. The first-order valence-corrected chi connectivity index (χ1v) is 10.5. The van der Waals surface area contributed by atoms with Crippen molar-refractivity contribution in [2.45, 2.75) is 71.0 Å². The van der Waals surface area contributed by atoms with Crippen LogP contribution in [0.3, 0.4) is 0 Å². The second-order valence-corrected chi connectivity index (χ2v) is 11.8. The number of hydrogen-bond acceptors (Lipinski definition) is 3. The number of ether oxygens (including phenoxy) is 2. The van der Waals surface area contributed by atoms with Crippen molar-refractivity contribution in [3.8, 4) is 0 Å². The first kappa shape index (κ1) is 21.0. The monoisotopic (exact) mass is 328 g/mol. The van der Waals surface area contributed by atoms with E-state index in [1.807, 2.05) is 6.92 Å². The molecule has 22 heavy (non-hydrogen) atoms. The Bertz CT molecular complexity index is 396. The lowest BCUT2D eigenvalue weighted by Gasteiger charge is -2.40. The summed E-state index contributed by atoms with van der Waals surface area (Å²) in [4.78, 5) is 15.7. The molecule has 0 N–H and O–H groups in total. The summed E-state index contributed by atoms with van der Waals surface area (Å²) in [7, 11) is -1.11. The molecule has 0 aromatic heterocycles. The number of methoxy groups -OCH3 is 1. The molecule has 5 nitrogen and oxygen atoms in total. The lowest BCUT2D eigenvalue weighted by Crippen LogP contribution is -2.58. The van der Waals surface area contributed by atoms with Crippen LogP contribution in [0.15, 0.2) is 0 Å². The van der Waals surface area contributed by atoms with Crippen LogP contribution in [0, 0.1) is 0 Å². The molecule has 1 atom stereocenters. The number of hydrogen-bond donors (Lipinski definition) is 0. The fourth-order valence-electron chi connectivity index (χ4n) is 3.82. The highest BCUT2D eigenvalue weighted by atomic mass is 28.3. The normalized spacial score (nSPS) is 13.1. The number of carbonyl (C=O) groups is 1. The third-order valence-corrected chi connectivity index (χ3v) is 11.4. The minimum Gasteiger partial charge on any atom is -0.461 e. The average Bonchev–Trinajstić information content (AvgIpc) is 2.47. The van der Waals surface area contributed by atoms with Gasteiger partial charge in [-0.1, -0.05) is 47.5 Å². The predicted octanol–water partition coefficient (Wildman–Crippen LogP) is 3.85. The van der Waals surface area contributed by atoms with E-state index in [0.29, 0.717) is 13.2 Å². The van der Waals surface area contributed by atoms with Gasteiger partial charge < -0.3 is 15.0 Å². The molecule has 128 valence electrons. The molecule has 0 saturated carbocycles. The summed E-state index contributed by atoms with van der Waals surface area (Å²) >= 11 is 0. The van der Waals surface area contributed by atoms with Crippen molar-refractivity contribution in [2.75, 3.05) is 20.3 Å². The molecule has 0 aromatic rings. The molecule has 0 aliphatic carbocycles. The molecule has 0 radical (unpaired) electrons. The van der Waals surface area contributed by atoms with Gasteiger partial charge in [0, 0.05) is 13.2 Å². The van der Waals surface area contributed by atoms with Gasteiger partial charge in [0.1, 0.15) is 0 Å². The largest absolute Gasteiger partial charge is 0.461 e. The van der Waals surface area contributed by atoms with Gasteiger partial charge >= 0.3 is 11.3 Å². The molecule has 1 unspecified atom stereocenters. The predicted molar refractivity (Wildman–Crippen MR) is 91.7 cm³/mol. The Kier molecular flexibility index (Phi) is 9.49. The second kappa shape index (κ2) is 9.93. The van der Waals surface area contributed by atoms with Crippen molar-refractivity contribution in [3.63, 3.8) is 0 Å². The third kappa shape index (κ3) is 4.28. The summed E-state index contributed by atoms with van der Waals surface area (Å²) in [6.07, 6.45) is 1.96. The summed E-state index contributed by atoms with van der Waals surface area (Å²) in [5.74, 6) is -0.505. The highest BCUT2D eigenvalue weighted by Gasteiger charge is 2.59. The van der Waals surface area contributed by atoms with E-state index >= 15 is 0 Å². The quantitative estimate of drug-likeness (QED) is 0.201. The van der Waals surface area contributed by atoms with Crippen LogP contribution in [0.25, 0.3) is 5.53 Å². The molecule has 0 fully saturated rings. The maximum atomic E-state index is 12.3. The van der Waals surface area contributed by atoms with Crippen molar-refractivity contribution in [3.05, 3.63) is 5.53 Å². The van der Waals surface area contributed by atoms with Gasteiger partial charge in [0.25, 0.3) is 0 Å². The van der Waals surface area contributed by atoms with E-state index in [4.69, 9.17) is 9.47 Å². The minimum absolute atomic E-state index is 0.224. The van der Waals surface area contributed by atoms with E-state index < -0.39 is 14.0 Å². The van der Waals surface area contributed by atoms with E-state index in [1.54, 1.807) is 0 Å². The number of carbonyl (C=O) groups excluding carboxylic acids is 1. The molecule has 6 heteroatoms. The highest BCUT2D eigenvalue weighted by Crippen LogP contribution is 2.45. The Morgan fingerprint density at radius 2 is 1.73 bits per heavy atom. The van der Waals surface area contributed by atoms with Crippen molar-refractivity contribution >= 4 is 19.4 Å². The fourth-order valence-corrected chi connectivity index (χ4v) is 10.3. The van der Waals surface area contributed by atoms with Gasteiger partial charge in [-0.3, -0.25) is 0 Å². The third-order valence-electron chi connectivity index (χ3n) is 4.64. The van der Waals surface area contributed by atoms with Gasteiger partial charge in [0.15, 0.2) is 0 Å². The van der Waals surface area contributed by atoms with Crippen LogP contribution in [0.2, 0.25) is 16.6 Å². The zero-order valence-electron chi connectivity index (χ0n) is 15.2. The van der Waals surface area contributed by atoms with E-state index in [0.717, 1.165) is 12.8 Å². The molecule has 0 saturated heterocycles. The van der Waals surface area contributed by atoms with Crippen LogP contribution in [0.4, 0.5) is 0 Å². The Morgan fingerprint density at radius 3 is 2.05 bits per heavy atom. The molecular weight excluding hydrogens is 296 g/mol. The van der Waals surface area contributed by atoms with Gasteiger partial charge in [-0.25, -0.2) is 4.79 Å². The lowest BCUT2D eigenvalue weighted by molar-refractivity contribution is -0.136. The Hall–Kier alpha value is -0.973. The summed E-state index contributed by atoms with van der Waals surface area (Å²) < 4.78 is 10.6. The van der Waals surface area contributed by atoms with Crippen LogP contribution >= 0.6 is 0 Å². The molecule has 0 rings (SSSR count). The van der Waals surface area contributed by atoms with Crippen LogP contribution in [-0.4, -0.2) is 44.5 Å². The van der Waals surface area contributed by atoms with E-state index in [-0.39, 0.29) is 22.0 Å². The topological polar surface area (TPSA) is 71.9 Å². The van der Waals surface area contributed by atoms with Crippen LogP contribution < -0.4 is 0 Å². The number of rotatable bonds is 10. The van der Waals surface area contributed by atoms with Crippen LogP contribution in [0.1, 0.15) is 54.4 Å². The molecule has 0 amide bonds. The van der Waals surface area contributed by atoms with Crippen LogP contribution in [0.5, 0.6) is 0 Å². The maximum absolute atomic E-state index is 12.3. The van der Waals surface area contributed by atoms with E-state index in [9.17, 15) is 10.3 Å². The van der Waals surface area contributed by atoms with Gasteiger partial charge in [0.05, 0.1) is 7.11 Å². The first-order valence-electron chi connectivity index (χ1n) is 8.22.